The van der Waals surface area contributed by atoms with E-state index in [1.807, 2.05) is 39.8 Å². The van der Waals surface area contributed by atoms with Crippen molar-refractivity contribution in [1.29, 1.82) is 0 Å². The lowest BCUT2D eigenvalue weighted by atomic mass is 10.1. The smallest absolute Gasteiger partial charge is 0.410 e. The number of carbonyl (C=O) groups is 1. The minimum Gasteiger partial charge on any atom is -0.444 e. The number of ether oxygens (including phenoxy) is 1. The first-order valence-corrected chi connectivity index (χ1v) is 7.64. The maximum absolute atomic E-state index is 12.0. The summed E-state index contributed by atoms with van der Waals surface area (Å²) in [6.07, 6.45) is -0.232. The van der Waals surface area contributed by atoms with Gasteiger partial charge in [0.15, 0.2) is 0 Å². The summed E-state index contributed by atoms with van der Waals surface area (Å²) in [5.74, 6) is 0. The Morgan fingerprint density at radius 2 is 1.81 bits per heavy atom. The predicted molar refractivity (Wildman–Crippen MR) is 86.2 cm³/mol. The van der Waals surface area contributed by atoms with Crippen LogP contribution in [0.3, 0.4) is 0 Å². The van der Waals surface area contributed by atoms with E-state index in [1.54, 1.807) is 4.90 Å². The van der Waals surface area contributed by atoms with Crippen LogP contribution in [-0.2, 0) is 4.74 Å². The normalized spacial score (nSPS) is 16.0. The molecule has 1 aliphatic rings. The molecular weight excluding hydrogens is 288 g/mol. The van der Waals surface area contributed by atoms with Crippen LogP contribution in [0.25, 0.3) is 0 Å². The summed E-state index contributed by atoms with van der Waals surface area (Å²) < 4.78 is 5.41. The van der Waals surface area contributed by atoms with Crippen LogP contribution >= 0.6 is 11.6 Å². The Balaban J connectivity index is 1.97. The maximum Gasteiger partial charge on any atom is 0.410 e. The Bertz CT molecular complexity index is 517. The highest BCUT2D eigenvalue weighted by Gasteiger charge is 2.26. The van der Waals surface area contributed by atoms with Gasteiger partial charge in [0.05, 0.1) is 0 Å². The summed E-state index contributed by atoms with van der Waals surface area (Å²) in [4.78, 5) is 16.1. The number of piperazine rings is 1. The Morgan fingerprint density at radius 1 is 1.19 bits per heavy atom. The van der Waals surface area contributed by atoms with E-state index in [-0.39, 0.29) is 6.09 Å². The molecular formula is C16H23ClN2O2. The lowest BCUT2D eigenvalue weighted by molar-refractivity contribution is 0.0240. The average Bonchev–Trinajstić information content (AvgIpc) is 2.40. The van der Waals surface area contributed by atoms with Crippen molar-refractivity contribution in [1.82, 2.24) is 4.90 Å². The van der Waals surface area contributed by atoms with E-state index in [0.717, 1.165) is 29.4 Å². The van der Waals surface area contributed by atoms with Crippen molar-refractivity contribution in [2.75, 3.05) is 31.1 Å². The molecule has 0 unspecified atom stereocenters. The molecule has 1 heterocycles. The number of nitrogens with zero attached hydrogens (tertiary/aromatic N) is 2. The Labute approximate surface area is 131 Å². The van der Waals surface area contributed by atoms with Crippen molar-refractivity contribution in [3.63, 3.8) is 0 Å². The SMILES string of the molecule is Cc1c(Cl)cccc1N1CCN(C(=O)OC(C)(C)C)CC1. The molecule has 1 saturated heterocycles. The fourth-order valence-electron chi connectivity index (χ4n) is 2.40. The van der Waals surface area contributed by atoms with Crippen LogP contribution in [0.4, 0.5) is 10.5 Å². The van der Waals surface area contributed by atoms with Crippen LogP contribution in [0.5, 0.6) is 0 Å². The van der Waals surface area contributed by atoms with Crippen LogP contribution < -0.4 is 4.90 Å². The largest absolute Gasteiger partial charge is 0.444 e. The Hall–Kier alpha value is -1.42. The molecule has 0 bridgehead atoms. The van der Waals surface area contributed by atoms with Gasteiger partial charge in [-0.15, -0.1) is 0 Å². The first-order chi connectivity index (χ1) is 9.78. The van der Waals surface area contributed by atoms with E-state index in [1.165, 1.54) is 0 Å². The van der Waals surface area contributed by atoms with Gasteiger partial charge in [-0.05, 0) is 45.4 Å². The molecule has 0 atom stereocenters. The third-order valence-electron chi connectivity index (χ3n) is 3.51. The second-order valence-corrected chi connectivity index (χ2v) is 6.75. The number of carbonyl (C=O) groups excluding carboxylic acids is 1. The van der Waals surface area contributed by atoms with Crippen LogP contribution in [0, 0.1) is 6.92 Å². The summed E-state index contributed by atoms with van der Waals surface area (Å²) >= 11 is 6.17. The Morgan fingerprint density at radius 3 is 2.38 bits per heavy atom. The second kappa shape index (κ2) is 6.14. The summed E-state index contributed by atoms with van der Waals surface area (Å²) in [7, 11) is 0. The maximum atomic E-state index is 12.0. The van der Waals surface area contributed by atoms with Gasteiger partial charge in [-0.1, -0.05) is 17.7 Å². The lowest BCUT2D eigenvalue weighted by Gasteiger charge is -2.37. The zero-order valence-corrected chi connectivity index (χ0v) is 13.9. The number of hydrogen-bond acceptors (Lipinski definition) is 3. The second-order valence-electron chi connectivity index (χ2n) is 6.34. The molecule has 116 valence electrons. The van der Waals surface area contributed by atoms with Crippen LogP contribution in [0.1, 0.15) is 26.3 Å². The third kappa shape index (κ3) is 4.03. The van der Waals surface area contributed by atoms with Crippen molar-refractivity contribution >= 4 is 23.4 Å². The van der Waals surface area contributed by atoms with Gasteiger partial charge in [0.1, 0.15) is 5.60 Å². The molecule has 21 heavy (non-hydrogen) atoms. The van der Waals surface area contributed by atoms with E-state index < -0.39 is 5.60 Å². The van der Waals surface area contributed by atoms with E-state index in [9.17, 15) is 4.79 Å². The molecule has 0 aliphatic carbocycles. The minimum atomic E-state index is -0.447. The molecule has 1 aliphatic heterocycles. The number of anilines is 1. The predicted octanol–water partition coefficient (Wildman–Crippen LogP) is 3.71. The number of benzene rings is 1. The van der Waals surface area contributed by atoms with Gasteiger partial charge in [-0.3, -0.25) is 0 Å². The lowest BCUT2D eigenvalue weighted by Crippen LogP contribution is -2.50. The van der Waals surface area contributed by atoms with E-state index in [2.05, 4.69) is 11.0 Å². The molecule has 0 spiro atoms. The van der Waals surface area contributed by atoms with Crippen molar-refractivity contribution < 1.29 is 9.53 Å². The van der Waals surface area contributed by atoms with Gasteiger partial charge in [-0.25, -0.2) is 4.79 Å². The first-order valence-electron chi connectivity index (χ1n) is 7.26. The fraction of sp³-hybridized carbons (Fsp3) is 0.562. The van der Waals surface area contributed by atoms with E-state index >= 15 is 0 Å². The van der Waals surface area contributed by atoms with Gasteiger partial charge in [0.25, 0.3) is 0 Å². The van der Waals surface area contributed by atoms with Gasteiger partial charge in [0.2, 0.25) is 0 Å². The molecule has 5 heteroatoms. The molecule has 0 N–H and O–H groups in total. The zero-order valence-electron chi connectivity index (χ0n) is 13.1. The van der Waals surface area contributed by atoms with Gasteiger partial charge in [-0.2, -0.15) is 0 Å². The Kier molecular flexibility index (Phi) is 4.67. The fourth-order valence-corrected chi connectivity index (χ4v) is 2.56. The van der Waals surface area contributed by atoms with Gasteiger partial charge >= 0.3 is 6.09 Å². The first kappa shape index (κ1) is 16.0. The highest BCUT2D eigenvalue weighted by Crippen LogP contribution is 2.27. The van der Waals surface area contributed by atoms with E-state index in [0.29, 0.717) is 13.1 Å². The average molecular weight is 311 g/mol. The zero-order chi connectivity index (χ0) is 15.6. The quantitative estimate of drug-likeness (QED) is 0.793. The molecule has 1 aromatic carbocycles. The van der Waals surface area contributed by atoms with Crippen molar-refractivity contribution in [3.8, 4) is 0 Å². The standard InChI is InChI=1S/C16H23ClN2O2/c1-12-13(17)6-5-7-14(12)18-8-10-19(11-9-18)15(20)21-16(2,3)4/h5-7H,8-11H2,1-4H3. The van der Waals surface area contributed by atoms with Crippen molar-refractivity contribution in [3.05, 3.63) is 28.8 Å². The molecule has 0 aromatic heterocycles. The minimum absolute atomic E-state index is 0.232. The molecule has 0 saturated carbocycles. The summed E-state index contributed by atoms with van der Waals surface area (Å²) in [5, 5.41) is 0.780. The molecule has 0 radical (unpaired) electrons. The molecule has 1 aromatic rings. The number of rotatable bonds is 1. The summed E-state index contributed by atoms with van der Waals surface area (Å²) in [5.41, 5.74) is 1.79. The topological polar surface area (TPSA) is 32.8 Å². The number of halogens is 1. The van der Waals surface area contributed by atoms with E-state index in [4.69, 9.17) is 16.3 Å². The highest BCUT2D eigenvalue weighted by molar-refractivity contribution is 6.31. The molecule has 2 rings (SSSR count). The molecule has 1 fully saturated rings. The summed E-state index contributed by atoms with van der Waals surface area (Å²) in [6, 6.07) is 5.94. The van der Waals surface area contributed by atoms with Gasteiger partial charge in [0, 0.05) is 36.9 Å². The highest BCUT2D eigenvalue weighted by atomic mass is 35.5. The van der Waals surface area contributed by atoms with Crippen LogP contribution in [0.2, 0.25) is 5.02 Å². The van der Waals surface area contributed by atoms with Crippen LogP contribution in [0.15, 0.2) is 18.2 Å². The monoisotopic (exact) mass is 310 g/mol. The summed E-state index contributed by atoms with van der Waals surface area (Å²) in [6.45, 7) is 10.6. The molecule has 1 amide bonds. The number of hydrogen-bond donors (Lipinski definition) is 0. The van der Waals surface area contributed by atoms with Crippen molar-refractivity contribution in [2.24, 2.45) is 0 Å². The third-order valence-corrected chi connectivity index (χ3v) is 3.92. The number of amides is 1. The molecule has 4 nitrogen and oxygen atoms in total. The van der Waals surface area contributed by atoms with Gasteiger partial charge < -0.3 is 14.5 Å². The van der Waals surface area contributed by atoms with Crippen LogP contribution in [-0.4, -0.2) is 42.8 Å². The van der Waals surface area contributed by atoms with Crippen molar-refractivity contribution in [2.45, 2.75) is 33.3 Å².